The number of hydrogen-bond donors (Lipinski definition) is 1. The Hall–Kier alpha value is -1.55. The second-order valence-corrected chi connectivity index (χ2v) is 4.90. The van der Waals surface area contributed by atoms with Crippen LogP contribution in [0.15, 0.2) is 36.7 Å². The summed E-state index contributed by atoms with van der Waals surface area (Å²) >= 11 is 1.83. The Bertz CT molecular complexity index is 482. The van der Waals surface area contributed by atoms with Crippen LogP contribution in [0.3, 0.4) is 0 Å². The van der Waals surface area contributed by atoms with Gasteiger partial charge in [-0.15, -0.1) is 0 Å². The van der Waals surface area contributed by atoms with E-state index in [2.05, 4.69) is 41.2 Å². The van der Waals surface area contributed by atoms with E-state index in [9.17, 15) is 0 Å². The minimum absolute atomic E-state index is 0.470. The van der Waals surface area contributed by atoms with Gasteiger partial charge >= 0.3 is 0 Å². The molecule has 0 amide bonds. The first kappa shape index (κ1) is 11.9. The van der Waals surface area contributed by atoms with E-state index in [0.29, 0.717) is 5.82 Å². The van der Waals surface area contributed by atoms with Crippen molar-refractivity contribution in [1.29, 1.82) is 0 Å². The number of thioether (sulfide) groups is 1. The quantitative estimate of drug-likeness (QED) is 0.900. The third-order valence-electron chi connectivity index (χ3n) is 2.33. The van der Waals surface area contributed by atoms with E-state index in [4.69, 9.17) is 5.73 Å². The molecule has 17 heavy (non-hydrogen) atoms. The van der Waals surface area contributed by atoms with Gasteiger partial charge in [0.25, 0.3) is 0 Å². The molecule has 2 aromatic rings. The van der Waals surface area contributed by atoms with Crippen LogP contribution in [-0.4, -0.2) is 9.97 Å². The fraction of sp³-hybridized carbons (Fsp3) is 0.231. The molecule has 0 atom stereocenters. The maximum atomic E-state index is 5.48. The van der Waals surface area contributed by atoms with Crippen LogP contribution in [0, 0.1) is 6.92 Å². The summed E-state index contributed by atoms with van der Waals surface area (Å²) in [5, 5.41) is 0. The molecule has 0 fully saturated rings. The molecule has 1 heterocycles. The predicted octanol–water partition coefficient (Wildman–Crippen LogP) is 2.80. The van der Waals surface area contributed by atoms with Crippen molar-refractivity contribution in [2.24, 2.45) is 0 Å². The van der Waals surface area contributed by atoms with Gasteiger partial charge in [-0.25, -0.2) is 4.98 Å². The molecule has 2 N–H and O–H groups in total. The first-order valence-corrected chi connectivity index (χ1v) is 6.59. The van der Waals surface area contributed by atoms with E-state index >= 15 is 0 Å². The van der Waals surface area contributed by atoms with Crippen molar-refractivity contribution in [3.8, 4) is 0 Å². The van der Waals surface area contributed by atoms with Gasteiger partial charge in [0.1, 0.15) is 5.82 Å². The summed E-state index contributed by atoms with van der Waals surface area (Å²) in [7, 11) is 0. The summed E-state index contributed by atoms with van der Waals surface area (Å²) in [5.41, 5.74) is 9.10. The largest absolute Gasteiger partial charge is 0.382 e. The third kappa shape index (κ3) is 3.75. The van der Waals surface area contributed by atoms with Crippen LogP contribution in [0.1, 0.15) is 16.8 Å². The smallest absolute Gasteiger partial charge is 0.141 e. The van der Waals surface area contributed by atoms with Crippen molar-refractivity contribution in [3.63, 3.8) is 0 Å². The van der Waals surface area contributed by atoms with Gasteiger partial charge in [-0.1, -0.05) is 29.8 Å². The summed E-state index contributed by atoms with van der Waals surface area (Å²) in [6.45, 7) is 2.11. The van der Waals surface area contributed by atoms with Gasteiger partial charge in [-0.05, 0) is 12.5 Å². The maximum absolute atomic E-state index is 5.48. The standard InChI is InChI=1S/C13H15N3S/c1-10-3-2-4-11(5-10)8-17-9-12-6-16-13(14)7-15-12/h2-7H,8-9H2,1H3,(H2,14,16). The normalized spacial score (nSPS) is 10.4. The molecular formula is C13H15N3S. The Kier molecular flexibility index (Phi) is 3.98. The van der Waals surface area contributed by atoms with Crippen LogP contribution >= 0.6 is 11.8 Å². The molecule has 1 aromatic carbocycles. The summed E-state index contributed by atoms with van der Waals surface area (Å²) < 4.78 is 0. The molecule has 0 aliphatic carbocycles. The average molecular weight is 245 g/mol. The number of aromatic nitrogens is 2. The van der Waals surface area contributed by atoms with Crippen molar-refractivity contribution in [2.75, 3.05) is 5.73 Å². The molecule has 0 radical (unpaired) electrons. The predicted molar refractivity (Wildman–Crippen MR) is 72.6 cm³/mol. The monoisotopic (exact) mass is 245 g/mol. The van der Waals surface area contributed by atoms with Crippen molar-refractivity contribution >= 4 is 17.6 Å². The fourth-order valence-corrected chi connectivity index (χ4v) is 2.39. The van der Waals surface area contributed by atoms with Gasteiger partial charge in [0, 0.05) is 11.5 Å². The van der Waals surface area contributed by atoms with Gasteiger partial charge in [-0.3, -0.25) is 4.98 Å². The highest BCUT2D eigenvalue weighted by Gasteiger charge is 1.98. The maximum Gasteiger partial charge on any atom is 0.141 e. The molecule has 3 nitrogen and oxygen atoms in total. The average Bonchev–Trinajstić information content (AvgIpc) is 2.32. The van der Waals surface area contributed by atoms with Crippen LogP contribution in [0.5, 0.6) is 0 Å². The first-order valence-electron chi connectivity index (χ1n) is 5.44. The van der Waals surface area contributed by atoms with E-state index < -0.39 is 0 Å². The zero-order valence-electron chi connectivity index (χ0n) is 9.76. The number of nitrogen functional groups attached to an aromatic ring is 1. The molecule has 0 aliphatic rings. The van der Waals surface area contributed by atoms with Gasteiger partial charge < -0.3 is 5.73 Å². The molecule has 0 bridgehead atoms. The second kappa shape index (κ2) is 5.68. The lowest BCUT2D eigenvalue weighted by atomic mass is 10.2. The van der Waals surface area contributed by atoms with Gasteiger partial charge in [0.15, 0.2) is 0 Å². The zero-order chi connectivity index (χ0) is 12.1. The molecule has 0 saturated heterocycles. The molecule has 4 heteroatoms. The summed E-state index contributed by atoms with van der Waals surface area (Å²) in [5.74, 6) is 2.33. The number of benzene rings is 1. The molecule has 88 valence electrons. The van der Waals surface area contributed by atoms with Crippen molar-refractivity contribution in [1.82, 2.24) is 9.97 Å². The number of rotatable bonds is 4. The molecular weight excluding hydrogens is 230 g/mol. The van der Waals surface area contributed by atoms with E-state index in [1.54, 1.807) is 12.4 Å². The lowest BCUT2D eigenvalue weighted by Gasteiger charge is -2.03. The van der Waals surface area contributed by atoms with Crippen LogP contribution in [0.2, 0.25) is 0 Å². The third-order valence-corrected chi connectivity index (χ3v) is 3.36. The van der Waals surface area contributed by atoms with E-state index in [1.807, 2.05) is 11.8 Å². The first-order chi connectivity index (χ1) is 8.24. The number of nitrogens with zero attached hydrogens (tertiary/aromatic N) is 2. The second-order valence-electron chi connectivity index (χ2n) is 3.91. The van der Waals surface area contributed by atoms with Crippen LogP contribution in [-0.2, 0) is 11.5 Å². The topological polar surface area (TPSA) is 51.8 Å². The zero-order valence-corrected chi connectivity index (χ0v) is 10.6. The molecule has 0 aliphatic heterocycles. The van der Waals surface area contributed by atoms with Crippen LogP contribution in [0.25, 0.3) is 0 Å². The highest BCUT2D eigenvalue weighted by Crippen LogP contribution is 2.17. The van der Waals surface area contributed by atoms with Gasteiger partial charge in [0.05, 0.1) is 18.1 Å². The van der Waals surface area contributed by atoms with Crippen molar-refractivity contribution in [2.45, 2.75) is 18.4 Å². The van der Waals surface area contributed by atoms with Crippen molar-refractivity contribution < 1.29 is 0 Å². The Morgan fingerprint density at radius 3 is 2.76 bits per heavy atom. The minimum Gasteiger partial charge on any atom is -0.382 e. The molecule has 0 unspecified atom stereocenters. The molecule has 1 aromatic heterocycles. The van der Waals surface area contributed by atoms with Crippen LogP contribution in [0.4, 0.5) is 5.82 Å². The van der Waals surface area contributed by atoms with E-state index in [-0.39, 0.29) is 0 Å². The lowest BCUT2D eigenvalue weighted by Crippen LogP contribution is -1.94. The molecule has 0 saturated carbocycles. The Balaban J connectivity index is 1.85. The Labute approximate surface area is 105 Å². The summed E-state index contributed by atoms with van der Waals surface area (Å²) in [4.78, 5) is 8.24. The summed E-state index contributed by atoms with van der Waals surface area (Å²) in [6, 6.07) is 8.56. The fourth-order valence-electron chi connectivity index (χ4n) is 1.51. The molecule has 0 spiro atoms. The number of hydrogen-bond acceptors (Lipinski definition) is 4. The highest BCUT2D eigenvalue weighted by atomic mass is 32.2. The highest BCUT2D eigenvalue weighted by molar-refractivity contribution is 7.97. The lowest BCUT2D eigenvalue weighted by molar-refractivity contribution is 1.11. The Morgan fingerprint density at radius 1 is 1.18 bits per heavy atom. The Morgan fingerprint density at radius 2 is 2.06 bits per heavy atom. The van der Waals surface area contributed by atoms with Crippen molar-refractivity contribution in [3.05, 3.63) is 53.5 Å². The van der Waals surface area contributed by atoms with Gasteiger partial charge in [-0.2, -0.15) is 11.8 Å². The minimum atomic E-state index is 0.470. The van der Waals surface area contributed by atoms with E-state index in [0.717, 1.165) is 17.2 Å². The van der Waals surface area contributed by atoms with Gasteiger partial charge in [0.2, 0.25) is 0 Å². The summed E-state index contributed by atoms with van der Waals surface area (Å²) in [6.07, 6.45) is 3.33. The van der Waals surface area contributed by atoms with E-state index in [1.165, 1.54) is 11.1 Å². The van der Waals surface area contributed by atoms with Crippen LogP contribution < -0.4 is 5.73 Å². The molecule has 2 rings (SSSR count). The number of nitrogens with two attached hydrogens (primary N) is 1. The number of anilines is 1. The number of aryl methyl sites for hydroxylation is 1. The SMILES string of the molecule is Cc1cccc(CSCc2cnc(N)cn2)c1.